The van der Waals surface area contributed by atoms with Crippen LogP contribution >= 0.6 is 15.9 Å². The maximum atomic E-state index is 11.0. The molecule has 0 radical (unpaired) electrons. The lowest BCUT2D eigenvalue weighted by Gasteiger charge is -2.16. The predicted molar refractivity (Wildman–Crippen MR) is 56.6 cm³/mol. The van der Waals surface area contributed by atoms with Gasteiger partial charge in [-0.1, -0.05) is 0 Å². The molecule has 2 unspecified atom stereocenters. The summed E-state index contributed by atoms with van der Waals surface area (Å²) in [5.41, 5.74) is -0.202. The van der Waals surface area contributed by atoms with E-state index in [9.17, 15) is 20.1 Å². The monoisotopic (exact) mass is 291 g/mol. The normalized spacial score (nSPS) is 14.2. The largest absolute Gasteiger partial charge is 0.506 e. The van der Waals surface area contributed by atoms with Crippen LogP contribution in [0.1, 0.15) is 11.8 Å². The number of nitrogens with zero attached hydrogens (tertiary/aromatic N) is 1. The zero-order valence-corrected chi connectivity index (χ0v) is 9.88. The van der Waals surface area contributed by atoms with Crippen molar-refractivity contribution in [1.82, 2.24) is 4.98 Å². The SMILES string of the molecule is COC(=O)C(O)C(O)c1nc(Br)ccc1O. The van der Waals surface area contributed by atoms with Gasteiger partial charge in [0.25, 0.3) is 0 Å². The van der Waals surface area contributed by atoms with Crippen LogP contribution in [0.2, 0.25) is 0 Å². The zero-order chi connectivity index (χ0) is 12.3. The lowest BCUT2D eigenvalue weighted by atomic mass is 10.1. The minimum atomic E-state index is -1.79. The van der Waals surface area contributed by atoms with E-state index < -0.39 is 18.2 Å². The third kappa shape index (κ3) is 2.69. The number of halogens is 1. The summed E-state index contributed by atoms with van der Waals surface area (Å²) in [6.07, 6.45) is -3.44. The Bertz CT molecular complexity index is 397. The van der Waals surface area contributed by atoms with Crippen LogP contribution in [0.5, 0.6) is 5.75 Å². The second-order valence-electron chi connectivity index (χ2n) is 2.95. The van der Waals surface area contributed by atoms with Crippen LogP contribution in [-0.4, -0.2) is 39.5 Å². The molecule has 7 heteroatoms. The molecule has 3 N–H and O–H groups in total. The van der Waals surface area contributed by atoms with Crippen molar-refractivity contribution in [2.24, 2.45) is 0 Å². The van der Waals surface area contributed by atoms with Crippen LogP contribution < -0.4 is 0 Å². The average Bonchev–Trinajstić information content (AvgIpc) is 2.29. The second kappa shape index (κ2) is 5.24. The molecule has 1 aromatic heterocycles. The van der Waals surface area contributed by atoms with Crippen LogP contribution in [0, 0.1) is 0 Å². The number of ether oxygens (including phenoxy) is 1. The Hall–Kier alpha value is -1.18. The number of carbonyl (C=O) groups is 1. The van der Waals surface area contributed by atoms with Crippen molar-refractivity contribution in [2.45, 2.75) is 12.2 Å². The molecule has 2 atom stereocenters. The molecular formula is C9H10BrNO5. The van der Waals surface area contributed by atoms with E-state index >= 15 is 0 Å². The Morgan fingerprint density at radius 3 is 2.69 bits per heavy atom. The molecule has 0 amide bonds. The van der Waals surface area contributed by atoms with Crippen LogP contribution in [0.4, 0.5) is 0 Å². The predicted octanol–water partition coefficient (Wildman–Crippen LogP) is 0.117. The third-order valence-corrected chi connectivity index (χ3v) is 2.33. The van der Waals surface area contributed by atoms with Crippen molar-refractivity contribution in [3.63, 3.8) is 0 Å². The van der Waals surface area contributed by atoms with E-state index in [0.29, 0.717) is 4.60 Å². The van der Waals surface area contributed by atoms with Gasteiger partial charge in [0.1, 0.15) is 22.2 Å². The van der Waals surface area contributed by atoms with Crippen LogP contribution in [0.3, 0.4) is 0 Å². The van der Waals surface area contributed by atoms with E-state index in [-0.39, 0.29) is 11.4 Å². The number of aliphatic hydroxyl groups is 2. The van der Waals surface area contributed by atoms with Gasteiger partial charge in [0, 0.05) is 0 Å². The highest BCUT2D eigenvalue weighted by Crippen LogP contribution is 2.26. The minimum absolute atomic E-state index is 0.202. The Morgan fingerprint density at radius 1 is 1.50 bits per heavy atom. The number of aliphatic hydroxyl groups excluding tert-OH is 2. The van der Waals surface area contributed by atoms with Gasteiger partial charge in [-0.15, -0.1) is 0 Å². The van der Waals surface area contributed by atoms with Gasteiger partial charge in [-0.3, -0.25) is 0 Å². The number of hydrogen-bond donors (Lipinski definition) is 3. The van der Waals surface area contributed by atoms with E-state index in [2.05, 4.69) is 25.7 Å². The molecule has 0 spiro atoms. The molecule has 0 saturated carbocycles. The maximum Gasteiger partial charge on any atom is 0.337 e. The molecule has 0 aliphatic rings. The first-order valence-corrected chi connectivity index (χ1v) is 5.06. The summed E-state index contributed by atoms with van der Waals surface area (Å²) in [4.78, 5) is 14.7. The molecule has 1 rings (SSSR count). The van der Waals surface area contributed by atoms with E-state index in [0.717, 1.165) is 7.11 Å². The van der Waals surface area contributed by atoms with E-state index in [1.807, 2.05) is 0 Å². The number of hydrogen-bond acceptors (Lipinski definition) is 6. The fraction of sp³-hybridized carbons (Fsp3) is 0.333. The summed E-state index contributed by atoms with van der Waals surface area (Å²) in [6, 6.07) is 2.73. The summed E-state index contributed by atoms with van der Waals surface area (Å²) in [7, 11) is 1.08. The average molecular weight is 292 g/mol. The molecule has 0 aliphatic carbocycles. The molecule has 0 bridgehead atoms. The minimum Gasteiger partial charge on any atom is -0.506 e. The van der Waals surface area contributed by atoms with Gasteiger partial charge in [-0.25, -0.2) is 9.78 Å². The first-order chi connectivity index (χ1) is 7.47. The number of pyridine rings is 1. The number of aromatic hydroxyl groups is 1. The Balaban J connectivity index is 2.99. The Labute approximate surface area is 99.6 Å². The van der Waals surface area contributed by atoms with Crippen LogP contribution in [-0.2, 0) is 9.53 Å². The molecule has 0 fully saturated rings. The fourth-order valence-electron chi connectivity index (χ4n) is 1.06. The molecule has 1 heterocycles. The van der Waals surface area contributed by atoms with Crippen LogP contribution in [0.15, 0.2) is 16.7 Å². The topological polar surface area (TPSA) is 99.9 Å². The van der Waals surface area contributed by atoms with Gasteiger partial charge in [-0.05, 0) is 28.1 Å². The molecule has 6 nitrogen and oxygen atoms in total. The van der Waals surface area contributed by atoms with Gasteiger partial charge in [-0.2, -0.15) is 0 Å². The number of rotatable bonds is 3. The zero-order valence-electron chi connectivity index (χ0n) is 8.29. The van der Waals surface area contributed by atoms with Gasteiger partial charge >= 0.3 is 5.97 Å². The smallest absolute Gasteiger partial charge is 0.337 e. The number of carbonyl (C=O) groups excluding carboxylic acids is 1. The molecule has 0 aliphatic heterocycles. The number of esters is 1. The first kappa shape index (κ1) is 12.9. The molecule has 0 aromatic carbocycles. The summed E-state index contributed by atoms with van der Waals surface area (Å²) in [5, 5.41) is 28.4. The lowest BCUT2D eigenvalue weighted by Crippen LogP contribution is -2.29. The van der Waals surface area contributed by atoms with Crippen molar-refractivity contribution in [2.75, 3.05) is 7.11 Å². The second-order valence-corrected chi connectivity index (χ2v) is 3.76. The highest BCUT2D eigenvalue weighted by molar-refractivity contribution is 9.10. The molecule has 0 saturated heterocycles. The third-order valence-electron chi connectivity index (χ3n) is 1.89. The quantitative estimate of drug-likeness (QED) is 0.540. The first-order valence-electron chi connectivity index (χ1n) is 4.26. The maximum absolute atomic E-state index is 11.0. The highest BCUT2D eigenvalue weighted by Gasteiger charge is 2.29. The van der Waals surface area contributed by atoms with E-state index in [1.165, 1.54) is 12.1 Å². The van der Waals surface area contributed by atoms with Crippen molar-refractivity contribution in [3.8, 4) is 5.75 Å². The van der Waals surface area contributed by atoms with E-state index in [4.69, 9.17) is 0 Å². The van der Waals surface area contributed by atoms with Crippen molar-refractivity contribution in [1.29, 1.82) is 0 Å². The Morgan fingerprint density at radius 2 is 2.12 bits per heavy atom. The Kier molecular flexibility index (Phi) is 4.22. The molecular weight excluding hydrogens is 282 g/mol. The summed E-state index contributed by atoms with van der Waals surface area (Å²) in [6.45, 7) is 0. The fourth-order valence-corrected chi connectivity index (χ4v) is 1.38. The summed E-state index contributed by atoms with van der Waals surface area (Å²) >= 11 is 3.04. The number of aromatic nitrogens is 1. The van der Waals surface area contributed by atoms with Crippen molar-refractivity contribution < 1.29 is 24.9 Å². The van der Waals surface area contributed by atoms with E-state index in [1.54, 1.807) is 0 Å². The van der Waals surface area contributed by atoms with Crippen LogP contribution in [0.25, 0.3) is 0 Å². The summed E-state index contributed by atoms with van der Waals surface area (Å²) in [5.74, 6) is -1.33. The lowest BCUT2D eigenvalue weighted by molar-refractivity contribution is -0.157. The van der Waals surface area contributed by atoms with Gasteiger partial charge in [0.15, 0.2) is 6.10 Å². The summed E-state index contributed by atoms with van der Waals surface area (Å²) < 4.78 is 4.61. The van der Waals surface area contributed by atoms with Crippen molar-refractivity contribution in [3.05, 3.63) is 22.4 Å². The van der Waals surface area contributed by atoms with Gasteiger partial charge in [0.2, 0.25) is 0 Å². The number of methoxy groups -OCH3 is 1. The molecule has 1 aromatic rings. The molecule has 88 valence electrons. The van der Waals surface area contributed by atoms with Gasteiger partial charge < -0.3 is 20.1 Å². The van der Waals surface area contributed by atoms with Gasteiger partial charge in [0.05, 0.1) is 7.11 Å². The standard InChI is InChI=1S/C9H10BrNO5/c1-16-9(15)8(14)7(13)6-4(12)2-3-5(10)11-6/h2-3,7-8,12-14H,1H3. The highest BCUT2D eigenvalue weighted by atomic mass is 79.9. The molecule has 16 heavy (non-hydrogen) atoms. The van der Waals surface area contributed by atoms with Crippen molar-refractivity contribution >= 4 is 21.9 Å².